The Kier molecular flexibility index (Phi) is 4.65. The zero-order chi connectivity index (χ0) is 12.5. The molecule has 0 bridgehead atoms. The molecule has 2 rings (SSSR count). The van der Waals surface area contributed by atoms with Crippen molar-refractivity contribution in [2.24, 2.45) is 0 Å². The highest BCUT2D eigenvalue weighted by Crippen LogP contribution is 2.31. The normalized spacial score (nSPS) is 22.8. The van der Waals surface area contributed by atoms with Gasteiger partial charge in [0, 0.05) is 22.9 Å². The van der Waals surface area contributed by atoms with E-state index >= 15 is 0 Å². The quantitative estimate of drug-likeness (QED) is 0.726. The summed E-state index contributed by atoms with van der Waals surface area (Å²) < 4.78 is 32.7. The summed E-state index contributed by atoms with van der Waals surface area (Å²) in [6.45, 7) is 1.26. The van der Waals surface area contributed by atoms with E-state index in [0.29, 0.717) is 33.7 Å². The lowest BCUT2D eigenvalue weighted by Crippen LogP contribution is -2.46. The first-order valence-corrected chi connectivity index (χ1v) is 9.20. The van der Waals surface area contributed by atoms with Crippen LogP contribution in [0.3, 0.4) is 0 Å². The van der Waals surface area contributed by atoms with Crippen LogP contribution in [0, 0.1) is 0 Å². The summed E-state index contributed by atoms with van der Waals surface area (Å²) in [5, 5.41) is 2.41. The number of hydrogen-bond donors (Lipinski definition) is 0. The SMILES string of the molecule is O=S(=O)(c1sccc1Br)N1CCOC(CBr)C1. The van der Waals surface area contributed by atoms with Gasteiger partial charge in [0.25, 0.3) is 10.0 Å². The smallest absolute Gasteiger partial charge is 0.253 e. The topological polar surface area (TPSA) is 46.6 Å². The van der Waals surface area contributed by atoms with Gasteiger partial charge in [0.2, 0.25) is 0 Å². The van der Waals surface area contributed by atoms with Gasteiger partial charge in [-0.25, -0.2) is 8.42 Å². The molecule has 2 heterocycles. The first-order valence-electron chi connectivity index (χ1n) is 4.96. The van der Waals surface area contributed by atoms with Crippen LogP contribution in [0.25, 0.3) is 0 Å². The van der Waals surface area contributed by atoms with E-state index < -0.39 is 10.0 Å². The molecule has 0 amide bonds. The molecule has 0 N–H and O–H groups in total. The van der Waals surface area contributed by atoms with Crippen molar-refractivity contribution in [3.8, 4) is 0 Å². The van der Waals surface area contributed by atoms with Gasteiger partial charge in [-0.1, -0.05) is 15.9 Å². The van der Waals surface area contributed by atoms with Crippen LogP contribution < -0.4 is 0 Å². The van der Waals surface area contributed by atoms with Gasteiger partial charge in [0.1, 0.15) is 4.21 Å². The number of thiophene rings is 1. The third-order valence-corrected chi connectivity index (χ3v) is 7.67. The van der Waals surface area contributed by atoms with Crippen LogP contribution in [0.4, 0.5) is 0 Å². The van der Waals surface area contributed by atoms with Crippen molar-refractivity contribution in [1.82, 2.24) is 4.31 Å². The molecule has 0 saturated carbocycles. The highest BCUT2D eigenvalue weighted by atomic mass is 79.9. The fraction of sp³-hybridized carbons (Fsp3) is 0.556. The Morgan fingerprint density at radius 1 is 1.59 bits per heavy atom. The molecule has 1 aliphatic rings. The molecule has 1 aromatic heterocycles. The summed E-state index contributed by atoms with van der Waals surface area (Å²) in [6.07, 6.45) is -0.0720. The Balaban J connectivity index is 2.24. The summed E-state index contributed by atoms with van der Waals surface area (Å²) in [5.41, 5.74) is 0. The van der Waals surface area contributed by atoms with Crippen LogP contribution in [0.2, 0.25) is 0 Å². The van der Waals surface area contributed by atoms with E-state index in [2.05, 4.69) is 31.9 Å². The van der Waals surface area contributed by atoms with Gasteiger partial charge < -0.3 is 4.74 Å². The van der Waals surface area contributed by atoms with Crippen molar-refractivity contribution in [2.45, 2.75) is 10.3 Å². The second-order valence-electron chi connectivity index (χ2n) is 3.57. The molecule has 1 atom stereocenters. The number of halogens is 2. The highest BCUT2D eigenvalue weighted by Gasteiger charge is 2.32. The van der Waals surface area contributed by atoms with E-state index in [-0.39, 0.29) is 6.10 Å². The first-order chi connectivity index (χ1) is 8.05. The van der Waals surface area contributed by atoms with Crippen LogP contribution in [-0.2, 0) is 14.8 Å². The molecule has 4 nitrogen and oxygen atoms in total. The molecule has 0 spiro atoms. The summed E-state index contributed by atoms with van der Waals surface area (Å²) >= 11 is 7.81. The monoisotopic (exact) mass is 403 g/mol. The van der Waals surface area contributed by atoms with Crippen molar-refractivity contribution in [3.63, 3.8) is 0 Å². The largest absolute Gasteiger partial charge is 0.375 e. The Morgan fingerprint density at radius 3 is 2.94 bits per heavy atom. The number of hydrogen-bond acceptors (Lipinski definition) is 4. The molecule has 96 valence electrons. The Labute approximate surface area is 121 Å². The van der Waals surface area contributed by atoms with Gasteiger partial charge in [0.15, 0.2) is 0 Å². The van der Waals surface area contributed by atoms with Gasteiger partial charge in [-0.2, -0.15) is 4.31 Å². The predicted molar refractivity (Wildman–Crippen MR) is 74.3 cm³/mol. The van der Waals surface area contributed by atoms with E-state index in [1.165, 1.54) is 15.6 Å². The van der Waals surface area contributed by atoms with Crippen LogP contribution in [0.1, 0.15) is 0 Å². The second kappa shape index (κ2) is 5.66. The fourth-order valence-corrected chi connectivity index (χ4v) is 5.88. The lowest BCUT2D eigenvalue weighted by molar-refractivity contribution is 0.0137. The average Bonchev–Trinajstić information content (AvgIpc) is 2.76. The van der Waals surface area contributed by atoms with Gasteiger partial charge >= 0.3 is 0 Å². The second-order valence-corrected chi connectivity index (χ2v) is 8.12. The molecular formula is C9H11Br2NO3S2. The minimum absolute atomic E-state index is 0.0720. The average molecular weight is 405 g/mol. The van der Waals surface area contributed by atoms with Crippen molar-refractivity contribution >= 4 is 53.2 Å². The Morgan fingerprint density at radius 2 is 2.35 bits per heavy atom. The predicted octanol–water partition coefficient (Wildman–Crippen LogP) is 2.30. The van der Waals surface area contributed by atoms with Crippen LogP contribution in [0.5, 0.6) is 0 Å². The summed E-state index contributed by atoms with van der Waals surface area (Å²) in [7, 11) is -3.39. The Hall–Kier alpha value is 0.530. The molecule has 1 unspecified atom stereocenters. The number of sulfonamides is 1. The van der Waals surface area contributed by atoms with Crippen LogP contribution in [-0.4, -0.2) is 43.9 Å². The van der Waals surface area contributed by atoms with E-state index in [0.717, 1.165) is 0 Å². The first kappa shape index (κ1) is 14.0. The Bertz CT molecular complexity index is 488. The third kappa shape index (κ3) is 2.93. The summed E-state index contributed by atoms with van der Waals surface area (Å²) in [4.78, 5) is 0. The molecule has 0 aliphatic carbocycles. The van der Waals surface area contributed by atoms with E-state index in [4.69, 9.17) is 4.74 Å². The molecule has 1 aliphatic heterocycles. The maximum atomic E-state index is 12.4. The van der Waals surface area contributed by atoms with Gasteiger partial charge in [-0.05, 0) is 27.4 Å². The maximum absolute atomic E-state index is 12.4. The molecule has 1 fully saturated rings. The van der Waals surface area contributed by atoms with Crippen LogP contribution in [0.15, 0.2) is 20.1 Å². The lowest BCUT2D eigenvalue weighted by Gasteiger charge is -2.30. The van der Waals surface area contributed by atoms with Crippen molar-refractivity contribution in [2.75, 3.05) is 25.0 Å². The standard InChI is InChI=1S/C9H11Br2NO3S2/c10-5-7-6-12(2-3-15-7)17(13,14)9-8(11)1-4-16-9/h1,4,7H,2-3,5-6H2. The number of alkyl halides is 1. The number of morpholine rings is 1. The molecule has 1 aromatic rings. The number of rotatable bonds is 3. The lowest BCUT2D eigenvalue weighted by atomic mass is 10.3. The molecule has 17 heavy (non-hydrogen) atoms. The summed E-state index contributed by atoms with van der Waals surface area (Å²) in [5.74, 6) is 0. The fourth-order valence-electron chi connectivity index (χ4n) is 1.59. The van der Waals surface area contributed by atoms with Crippen molar-refractivity contribution in [3.05, 3.63) is 15.9 Å². The molecule has 8 heteroatoms. The van der Waals surface area contributed by atoms with Gasteiger partial charge in [0.05, 0.1) is 12.7 Å². The van der Waals surface area contributed by atoms with Crippen molar-refractivity contribution < 1.29 is 13.2 Å². The van der Waals surface area contributed by atoms with Crippen molar-refractivity contribution in [1.29, 1.82) is 0 Å². The van der Waals surface area contributed by atoms with E-state index in [1.54, 1.807) is 11.4 Å². The maximum Gasteiger partial charge on any atom is 0.253 e. The zero-order valence-electron chi connectivity index (χ0n) is 8.80. The van der Waals surface area contributed by atoms with E-state index in [1.807, 2.05) is 0 Å². The number of ether oxygens (including phenoxy) is 1. The molecule has 1 saturated heterocycles. The molecule has 0 aromatic carbocycles. The number of nitrogens with zero attached hydrogens (tertiary/aromatic N) is 1. The minimum atomic E-state index is -3.39. The summed E-state index contributed by atoms with van der Waals surface area (Å²) in [6, 6.07) is 1.75. The third-order valence-electron chi connectivity index (χ3n) is 2.43. The van der Waals surface area contributed by atoms with Gasteiger partial charge in [-0.3, -0.25) is 0 Å². The highest BCUT2D eigenvalue weighted by molar-refractivity contribution is 9.10. The molecule has 0 radical (unpaired) electrons. The molecular weight excluding hydrogens is 394 g/mol. The minimum Gasteiger partial charge on any atom is -0.375 e. The van der Waals surface area contributed by atoms with Gasteiger partial charge in [-0.15, -0.1) is 11.3 Å². The zero-order valence-corrected chi connectivity index (χ0v) is 13.6. The van der Waals surface area contributed by atoms with E-state index in [9.17, 15) is 8.42 Å². The van der Waals surface area contributed by atoms with Crippen LogP contribution >= 0.6 is 43.2 Å².